The average Bonchev–Trinajstić information content (AvgIpc) is 2.78. The van der Waals surface area contributed by atoms with Gasteiger partial charge in [0.2, 0.25) is 0 Å². The van der Waals surface area contributed by atoms with Crippen LogP contribution in [-0.2, 0) is 6.54 Å². The monoisotopic (exact) mass is 234 g/mol. The second kappa shape index (κ2) is 4.49. The van der Waals surface area contributed by atoms with Crippen LogP contribution in [0.3, 0.4) is 0 Å². The van der Waals surface area contributed by atoms with Crippen LogP contribution in [0.1, 0.15) is 11.4 Å². The summed E-state index contributed by atoms with van der Waals surface area (Å²) in [6.07, 6.45) is 1.81. The summed E-state index contributed by atoms with van der Waals surface area (Å²) in [7, 11) is 0. The van der Waals surface area contributed by atoms with Gasteiger partial charge in [0.25, 0.3) is 0 Å². The first kappa shape index (κ1) is 10.8. The van der Waals surface area contributed by atoms with E-state index in [1.165, 1.54) is 5.56 Å². The lowest BCUT2D eigenvalue weighted by Gasteiger charge is -2.06. The molecule has 0 N–H and O–H groups in total. The fourth-order valence-electron chi connectivity index (χ4n) is 2.18. The SMILES string of the molecule is C=Cc1nc2ccccc2n1Cc1ccccc1. The molecule has 1 aromatic heterocycles. The minimum Gasteiger partial charge on any atom is -0.320 e. The maximum absolute atomic E-state index is 4.57. The largest absolute Gasteiger partial charge is 0.320 e. The summed E-state index contributed by atoms with van der Waals surface area (Å²) in [5.41, 5.74) is 3.43. The molecule has 88 valence electrons. The van der Waals surface area contributed by atoms with Crippen LogP contribution in [0.25, 0.3) is 17.1 Å². The van der Waals surface area contributed by atoms with Crippen molar-refractivity contribution in [2.75, 3.05) is 0 Å². The Labute approximate surface area is 106 Å². The molecular formula is C16H14N2. The van der Waals surface area contributed by atoms with E-state index in [0.29, 0.717) is 0 Å². The second-order valence-electron chi connectivity index (χ2n) is 4.23. The third-order valence-corrected chi connectivity index (χ3v) is 3.05. The quantitative estimate of drug-likeness (QED) is 0.675. The standard InChI is InChI=1S/C16H14N2/c1-2-16-17-14-10-6-7-11-15(14)18(16)12-13-8-4-3-5-9-13/h2-11H,1,12H2. The predicted molar refractivity (Wildman–Crippen MR) is 75.4 cm³/mol. The van der Waals surface area contributed by atoms with Gasteiger partial charge in [-0.25, -0.2) is 4.98 Å². The Morgan fingerprint density at radius 3 is 2.50 bits per heavy atom. The van der Waals surface area contributed by atoms with Crippen LogP contribution in [0, 0.1) is 0 Å². The zero-order valence-electron chi connectivity index (χ0n) is 10.1. The summed E-state index contributed by atoms with van der Waals surface area (Å²) >= 11 is 0. The highest BCUT2D eigenvalue weighted by Crippen LogP contribution is 2.18. The van der Waals surface area contributed by atoms with E-state index in [2.05, 4.69) is 46.5 Å². The van der Waals surface area contributed by atoms with Crippen molar-refractivity contribution in [2.24, 2.45) is 0 Å². The molecule has 0 saturated carbocycles. The van der Waals surface area contributed by atoms with E-state index in [1.54, 1.807) is 0 Å². The average molecular weight is 234 g/mol. The molecule has 0 spiro atoms. The number of rotatable bonds is 3. The molecule has 0 aliphatic carbocycles. The third kappa shape index (κ3) is 1.82. The fraction of sp³-hybridized carbons (Fsp3) is 0.0625. The lowest BCUT2D eigenvalue weighted by atomic mass is 10.2. The van der Waals surface area contributed by atoms with Gasteiger partial charge >= 0.3 is 0 Å². The minimum atomic E-state index is 0.822. The summed E-state index contributed by atoms with van der Waals surface area (Å²) < 4.78 is 2.19. The smallest absolute Gasteiger partial charge is 0.133 e. The molecule has 0 saturated heterocycles. The number of nitrogens with zero attached hydrogens (tertiary/aromatic N) is 2. The van der Waals surface area contributed by atoms with Crippen molar-refractivity contribution in [1.82, 2.24) is 9.55 Å². The highest BCUT2D eigenvalue weighted by Gasteiger charge is 2.07. The molecule has 0 radical (unpaired) electrons. The molecule has 0 fully saturated rings. The van der Waals surface area contributed by atoms with Gasteiger partial charge in [-0.05, 0) is 23.8 Å². The van der Waals surface area contributed by atoms with Crippen LogP contribution in [0.2, 0.25) is 0 Å². The Morgan fingerprint density at radius 2 is 1.72 bits per heavy atom. The maximum Gasteiger partial charge on any atom is 0.133 e. The zero-order valence-corrected chi connectivity index (χ0v) is 10.1. The molecule has 0 amide bonds. The molecule has 18 heavy (non-hydrogen) atoms. The highest BCUT2D eigenvalue weighted by atomic mass is 15.1. The van der Waals surface area contributed by atoms with Crippen molar-refractivity contribution in [2.45, 2.75) is 6.54 Å². The number of hydrogen-bond donors (Lipinski definition) is 0. The van der Waals surface area contributed by atoms with Crippen LogP contribution in [-0.4, -0.2) is 9.55 Å². The van der Waals surface area contributed by atoms with E-state index in [9.17, 15) is 0 Å². The Balaban J connectivity index is 2.12. The Bertz CT molecular complexity index is 681. The zero-order chi connectivity index (χ0) is 12.4. The van der Waals surface area contributed by atoms with Gasteiger partial charge < -0.3 is 4.57 Å². The van der Waals surface area contributed by atoms with Gasteiger partial charge in [-0.3, -0.25) is 0 Å². The van der Waals surface area contributed by atoms with Gasteiger partial charge in [0.1, 0.15) is 5.82 Å². The molecule has 0 atom stereocenters. The normalized spacial score (nSPS) is 10.7. The van der Waals surface area contributed by atoms with E-state index >= 15 is 0 Å². The van der Waals surface area contributed by atoms with Gasteiger partial charge in [-0.15, -0.1) is 0 Å². The van der Waals surface area contributed by atoms with Crippen molar-refractivity contribution >= 4 is 17.1 Å². The first-order chi connectivity index (χ1) is 8.88. The topological polar surface area (TPSA) is 17.8 Å². The van der Waals surface area contributed by atoms with Crippen LogP contribution >= 0.6 is 0 Å². The predicted octanol–water partition coefficient (Wildman–Crippen LogP) is 3.73. The molecule has 2 nitrogen and oxygen atoms in total. The molecular weight excluding hydrogens is 220 g/mol. The summed E-state index contributed by atoms with van der Waals surface area (Å²) in [5, 5.41) is 0. The van der Waals surface area contributed by atoms with Gasteiger partial charge in [0.15, 0.2) is 0 Å². The number of hydrogen-bond acceptors (Lipinski definition) is 1. The van der Waals surface area contributed by atoms with E-state index < -0.39 is 0 Å². The van der Waals surface area contributed by atoms with Crippen LogP contribution in [0.4, 0.5) is 0 Å². The molecule has 0 aliphatic rings. The van der Waals surface area contributed by atoms with E-state index in [-0.39, 0.29) is 0 Å². The second-order valence-corrected chi connectivity index (χ2v) is 4.23. The van der Waals surface area contributed by atoms with Gasteiger partial charge in [0, 0.05) is 6.54 Å². The third-order valence-electron chi connectivity index (χ3n) is 3.05. The van der Waals surface area contributed by atoms with Crippen molar-refractivity contribution in [3.05, 3.63) is 72.6 Å². The van der Waals surface area contributed by atoms with E-state index in [1.807, 2.05) is 30.3 Å². The summed E-state index contributed by atoms with van der Waals surface area (Å²) in [6.45, 7) is 4.67. The van der Waals surface area contributed by atoms with Crippen molar-refractivity contribution in [3.8, 4) is 0 Å². The maximum atomic E-state index is 4.57. The Hall–Kier alpha value is -2.35. The van der Waals surface area contributed by atoms with E-state index in [0.717, 1.165) is 23.4 Å². The van der Waals surface area contributed by atoms with Gasteiger partial charge in [0.05, 0.1) is 11.0 Å². The summed E-state index contributed by atoms with van der Waals surface area (Å²) in [5.74, 6) is 0.917. The van der Waals surface area contributed by atoms with Crippen molar-refractivity contribution < 1.29 is 0 Å². The first-order valence-corrected chi connectivity index (χ1v) is 6.00. The number of para-hydroxylation sites is 2. The van der Waals surface area contributed by atoms with Crippen LogP contribution < -0.4 is 0 Å². The molecule has 0 unspecified atom stereocenters. The molecule has 0 aliphatic heterocycles. The lowest BCUT2D eigenvalue weighted by Crippen LogP contribution is -2.01. The Kier molecular flexibility index (Phi) is 2.69. The van der Waals surface area contributed by atoms with Gasteiger partial charge in [-0.2, -0.15) is 0 Å². The summed E-state index contributed by atoms with van der Waals surface area (Å²) in [6, 6.07) is 18.6. The van der Waals surface area contributed by atoms with Crippen LogP contribution in [0.5, 0.6) is 0 Å². The highest BCUT2D eigenvalue weighted by molar-refractivity contribution is 5.77. The molecule has 3 aromatic rings. The first-order valence-electron chi connectivity index (χ1n) is 6.00. The van der Waals surface area contributed by atoms with Crippen LogP contribution in [0.15, 0.2) is 61.2 Å². The van der Waals surface area contributed by atoms with E-state index in [4.69, 9.17) is 0 Å². The fourth-order valence-corrected chi connectivity index (χ4v) is 2.18. The number of benzene rings is 2. The summed E-state index contributed by atoms with van der Waals surface area (Å²) in [4.78, 5) is 4.57. The number of fused-ring (bicyclic) bond motifs is 1. The number of aromatic nitrogens is 2. The minimum absolute atomic E-state index is 0.822. The number of imidazole rings is 1. The molecule has 1 heterocycles. The molecule has 2 heteroatoms. The molecule has 0 bridgehead atoms. The molecule has 3 rings (SSSR count). The van der Waals surface area contributed by atoms with Gasteiger partial charge in [-0.1, -0.05) is 49.0 Å². The van der Waals surface area contributed by atoms with Crippen molar-refractivity contribution in [3.63, 3.8) is 0 Å². The molecule has 2 aromatic carbocycles. The Morgan fingerprint density at radius 1 is 1.00 bits per heavy atom. The van der Waals surface area contributed by atoms with Crippen molar-refractivity contribution in [1.29, 1.82) is 0 Å². The lowest BCUT2D eigenvalue weighted by molar-refractivity contribution is 0.814.